The van der Waals surface area contributed by atoms with Crippen LogP contribution in [0.3, 0.4) is 0 Å². The molecule has 0 fully saturated rings. The van der Waals surface area contributed by atoms with Crippen LogP contribution in [0.5, 0.6) is 0 Å². The van der Waals surface area contributed by atoms with Crippen molar-refractivity contribution in [1.82, 2.24) is 9.78 Å². The normalized spacial score (nSPS) is 12.2. The van der Waals surface area contributed by atoms with Gasteiger partial charge in [0.15, 0.2) is 0 Å². The number of nitriles is 1. The van der Waals surface area contributed by atoms with Crippen LogP contribution >= 0.6 is 0 Å². The maximum absolute atomic E-state index is 13.5. The van der Waals surface area contributed by atoms with Crippen LogP contribution in [0.1, 0.15) is 31.5 Å². The van der Waals surface area contributed by atoms with Gasteiger partial charge in [-0.1, -0.05) is 12.1 Å². The fraction of sp³-hybridized carbons (Fsp3) is 0.286. The monoisotopic (exact) mass is 258 g/mol. The van der Waals surface area contributed by atoms with Crippen LogP contribution in [-0.4, -0.2) is 9.78 Å². The predicted molar refractivity (Wildman–Crippen MR) is 71.0 cm³/mol. The molecule has 1 aromatic carbocycles. The second kappa shape index (κ2) is 5.53. The van der Waals surface area contributed by atoms with Gasteiger partial charge in [-0.05, 0) is 26.0 Å². The van der Waals surface area contributed by atoms with E-state index in [0.29, 0.717) is 5.69 Å². The predicted octanol–water partition coefficient (Wildman–Crippen LogP) is 3.28. The van der Waals surface area contributed by atoms with Gasteiger partial charge in [0.2, 0.25) is 0 Å². The Morgan fingerprint density at radius 2 is 2.11 bits per heavy atom. The molecule has 0 aliphatic heterocycles. The van der Waals surface area contributed by atoms with Gasteiger partial charge >= 0.3 is 0 Å². The molecular formula is C14H15FN4. The van der Waals surface area contributed by atoms with Gasteiger partial charge in [-0.25, -0.2) is 4.39 Å². The molecule has 19 heavy (non-hydrogen) atoms. The van der Waals surface area contributed by atoms with Crippen LogP contribution < -0.4 is 5.32 Å². The largest absolute Gasteiger partial charge is 0.364 e. The van der Waals surface area contributed by atoms with Crippen molar-refractivity contribution in [2.75, 3.05) is 5.32 Å². The van der Waals surface area contributed by atoms with Crippen molar-refractivity contribution in [3.8, 4) is 6.07 Å². The summed E-state index contributed by atoms with van der Waals surface area (Å²) in [5, 5.41) is 16.3. The van der Waals surface area contributed by atoms with Crippen LogP contribution in [0.15, 0.2) is 36.7 Å². The smallest absolute Gasteiger partial charge is 0.146 e. The van der Waals surface area contributed by atoms with E-state index in [1.165, 1.54) is 6.07 Å². The Kier molecular flexibility index (Phi) is 3.81. The first-order valence-corrected chi connectivity index (χ1v) is 6.06. The summed E-state index contributed by atoms with van der Waals surface area (Å²) >= 11 is 0. The van der Waals surface area contributed by atoms with Crippen LogP contribution in [0.25, 0.3) is 0 Å². The van der Waals surface area contributed by atoms with Crippen molar-refractivity contribution in [2.24, 2.45) is 0 Å². The summed E-state index contributed by atoms with van der Waals surface area (Å²) in [6.07, 6.45) is 3.42. The number of hydrogen-bond donors (Lipinski definition) is 1. The molecule has 0 aliphatic carbocycles. The minimum Gasteiger partial charge on any atom is -0.364 e. The zero-order valence-electron chi connectivity index (χ0n) is 10.8. The number of rotatable bonds is 4. The quantitative estimate of drug-likeness (QED) is 0.915. The standard InChI is InChI=1S/C14H15FN4/c1-10(2)19-9-11(8-17-19)14(7-16)18-13-6-4-3-5-12(13)15/h3-6,8-10,14,18H,1-2H3. The van der Waals surface area contributed by atoms with Crippen LogP contribution in [-0.2, 0) is 0 Å². The summed E-state index contributed by atoms with van der Waals surface area (Å²) < 4.78 is 15.3. The molecule has 1 atom stereocenters. The number of nitrogens with one attached hydrogen (secondary N) is 1. The Bertz CT molecular complexity index is 597. The number of hydrogen-bond acceptors (Lipinski definition) is 3. The van der Waals surface area contributed by atoms with Gasteiger partial charge in [-0.2, -0.15) is 10.4 Å². The topological polar surface area (TPSA) is 53.6 Å². The Labute approximate surface area is 111 Å². The highest BCUT2D eigenvalue weighted by atomic mass is 19.1. The molecule has 0 aliphatic rings. The second-order valence-corrected chi connectivity index (χ2v) is 4.53. The van der Waals surface area contributed by atoms with Gasteiger partial charge in [0.1, 0.15) is 11.9 Å². The number of anilines is 1. The van der Waals surface area contributed by atoms with E-state index >= 15 is 0 Å². The average molecular weight is 258 g/mol. The van der Waals surface area contributed by atoms with Gasteiger partial charge < -0.3 is 5.32 Å². The number of para-hydroxylation sites is 1. The zero-order chi connectivity index (χ0) is 13.8. The van der Waals surface area contributed by atoms with Gasteiger partial charge in [0, 0.05) is 17.8 Å². The second-order valence-electron chi connectivity index (χ2n) is 4.53. The highest BCUT2D eigenvalue weighted by molar-refractivity contribution is 5.48. The first-order valence-electron chi connectivity index (χ1n) is 6.06. The third-order valence-corrected chi connectivity index (χ3v) is 2.79. The highest BCUT2D eigenvalue weighted by Gasteiger charge is 2.15. The van der Waals surface area contributed by atoms with Crippen LogP contribution in [0.2, 0.25) is 0 Å². The Morgan fingerprint density at radius 1 is 1.37 bits per heavy atom. The molecular weight excluding hydrogens is 243 g/mol. The molecule has 2 rings (SSSR count). The molecule has 1 aromatic heterocycles. The lowest BCUT2D eigenvalue weighted by Gasteiger charge is -2.12. The molecule has 4 nitrogen and oxygen atoms in total. The van der Waals surface area contributed by atoms with E-state index in [-0.39, 0.29) is 11.9 Å². The van der Waals surface area contributed by atoms with Crippen molar-refractivity contribution < 1.29 is 4.39 Å². The van der Waals surface area contributed by atoms with Gasteiger partial charge in [0.25, 0.3) is 0 Å². The van der Waals surface area contributed by atoms with Gasteiger partial charge in [-0.15, -0.1) is 0 Å². The molecule has 0 bridgehead atoms. The third-order valence-electron chi connectivity index (χ3n) is 2.79. The van der Waals surface area contributed by atoms with E-state index in [1.54, 1.807) is 35.3 Å². The molecule has 5 heteroatoms. The first-order chi connectivity index (χ1) is 9.11. The van der Waals surface area contributed by atoms with E-state index in [1.807, 2.05) is 13.8 Å². The summed E-state index contributed by atoms with van der Waals surface area (Å²) in [6.45, 7) is 4.00. The molecule has 0 amide bonds. The Hall–Kier alpha value is -2.35. The van der Waals surface area contributed by atoms with E-state index < -0.39 is 6.04 Å². The lowest BCUT2D eigenvalue weighted by atomic mass is 10.1. The molecule has 0 spiro atoms. The fourth-order valence-corrected chi connectivity index (χ4v) is 1.71. The molecule has 0 saturated carbocycles. The fourth-order valence-electron chi connectivity index (χ4n) is 1.71. The molecule has 1 heterocycles. The minimum absolute atomic E-state index is 0.224. The SMILES string of the molecule is CC(C)n1cc(C(C#N)Nc2ccccc2F)cn1. The lowest BCUT2D eigenvalue weighted by Crippen LogP contribution is -2.09. The summed E-state index contributed by atoms with van der Waals surface area (Å²) in [5.41, 5.74) is 1.03. The molecule has 2 aromatic rings. The maximum atomic E-state index is 13.5. The summed E-state index contributed by atoms with van der Waals surface area (Å²) in [7, 11) is 0. The molecule has 1 N–H and O–H groups in total. The summed E-state index contributed by atoms with van der Waals surface area (Å²) in [6, 6.07) is 8.01. The van der Waals surface area contributed by atoms with Crippen molar-refractivity contribution in [2.45, 2.75) is 25.9 Å². The van der Waals surface area contributed by atoms with Gasteiger partial charge in [0.05, 0.1) is 18.0 Å². The van der Waals surface area contributed by atoms with Crippen molar-refractivity contribution in [3.63, 3.8) is 0 Å². The summed E-state index contributed by atoms with van der Waals surface area (Å²) in [4.78, 5) is 0. The average Bonchev–Trinajstić information content (AvgIpc) is 2.87. The van der Waals surface area contributed by atoms with Crippen LogP contribution in [0, 0.1) is 17.1 Å². The molecule has 0 saturated heterocycles. The van der Waals surface area contributed by atoms with E-state index in [9.17, 15) is 9.65 Å². The number of halogens is 1. The van der Waals surface area contributed by atoms with E-state index in [4.69, 9.17) is 0 Å². The van der Waals surface area contributed by atoms with E-state index in [2.05, 4.69) is 16.5 Å². The van der Waals surface area contributed by atoms with Crippen LogP contribution in [0.4, 0.5) is 10.1 Å². The Balaban J connectivity index is 2.21. The van der Waals surface area contributed by atoms with Crippen molar-refractivity contribution in [3.05, 3.63) is 48.0 Å². The van der Waals surface area contributed by atoms with E-state index in [0.717, 1.165) is 5.56 Å². The Morgan fingerprint density at radius 3 is 2.68 bits per heavy atom. The molecule has 0 radical (unpaired) electrons. The summed E-state index contributed by atoms with van der Waals surface area (Å²) in [5.74, 6) is -0.376. The minimum atomic E-state index is -0.621. The van der Waals surface area contributed by atoms with Gasteiger partial charge in [-0.3, -0.25) is 4.68 Å². The molecule has 98 valence electrons. The van der Waals surface area contributed by atoms with Crippen molar-refractivity contribution >= 4 is 5.69 Å². The first kappa shape index (κ1) is 13.1. The lowest BCUT2D eigenvalue weighted by molar-refractivity contribution is 0.532. The number of nitrogens with zero attached hydrogens (tertiary/aromatic N) is 3. The van der Waals surface area contributed by atoms with Crippen molar-refractivity contribution in [1.29, 1.82) is 5.26 Å². The maximum Gasteiger partial charge on any atom is 0.146 e. The molecule has 1 unspecified atom stereocenters. The zero-order valence-corrected chi connectivity index (χ0v) is 10.8. The third kappa shape index (κ3) is 2.91. The number of aromatic nitrogens is 2. The number of benzene rings is 1. The highest BCUT2D eigenvalue weighted by Crippen LogP contribution is 2.21.